The van der Waals surface area contributed by atoms with Crippen LogP contribution in [0.25, 0.3) is 5.65 Å². The highest BCUT2D eigenvalue weighted by Crippen LogP contribution is 2.26. The summed E-state index contributed by atoms with van der Waals surface area (Å²) < 4.78 is 28.8. The summed E-state index contributed by atoms with van der Waals surface area (Å²) in [6, 6.07) is 6.69. The molecule has 0 saturated carbocycles. The van der Waals surface area contributed by atoms with E-state index in [2.05, 4.69) is 10.1 Å². The molecule has 6 heteroatoms. The molecule has 0 N–H and O–H groups in total. The Bertz CT molecular complexity index is 784. The molecule has 1 aromatic carbocycles. The van der Waals surface area contributed by atoms with Gasteiger partial charge in [0.15, 0.2) is 5.65 Å². The molecule has 0 saturated heterocycles. The molecule has 1 atom stereocenters. The van der Waals surface area contributed by atoms with E-state index in [4.69, 9.17) is 0 Å². The Labute approximate surface area is 120 Å². The Morgan fingerprint density at radius 3 is 2.81 bits per heavy atom. The number of nitrogens with zero attached hydrogens (tertiary/aromatic N) is 4. The van der Waals surface area contributed by atoms with Gasteiger partial charge in [-0.2, -0.15) is 5.10 Å². The lowest BCUT2D eigenvalue weighted by Gasteiger charge is -2.26. The van der Waals surface area contributed by atoms with Gasteiger partial charge in [-0.25, -0.2) is 18.3 Å². The van der Waals surface area contributed by atoms with Crippen molar-refractivity contribution in [2.75, 3.05) is 11.9 Å². The molecule has 2 heterocycles. The molecule has 0 aliphatic carbocycles. The van der Waals surface area contributed by atoms with Crippen LogP contribution in [0.3, 0.4) is 0 Å². The summed E-state index contributed by atoms with van der Waals surface area (Å²) in [4.78, 5) is 6.24. The van der Waals surface area contributed by atoms with E-state index in [9.17, 15) is 8.78 Å². The van der Waals surface area contributed by atoms with E-state index >= 15 is 0 Å². The number of fused-ring (bicyclic) bond motifs is 1. The number of benzene rings is 1. The van der Waals surface area contributed by atoms with Gasteiger partial charge in [0.05, 0.1) is 12.2 Å². The Morgan fingerprint density at radius 1 is 1.19 bits per heavy atom. The maximum atomic E-state index is 13.9. The quantitative estimate of drug-likeness (QED) is 0.742. The predicted octanol–water partition coefficient (Wildman–Crippen LogP) is 3.20. The maximum absolute atomic E-state index is 13.9. The summed E-state index contributed by atoms with van der Waals surface area (Å²) in [6.07, 6.45) is 3.44. The van der Waals surface area contributed by atoms with Gasteiger partial charge in [-0.05, 0) is 31.2 Å². The zero-order valence-electron chi connectivity index (χ0n) is 11.7. The van der Waals surface area contributed by atoms with Crippen LogP contribution in [0.2, 0.25) is 0 Å². The average molecular weight is 288 g/mol. The van der Waals surface area contributed by atoms with Gasteiger partial charge in [-0.1, -0.05) is 0 Å². The molecule has 2 aromatic heterocycles. The van der Waals surface area contributed by atoms with Crippen LogP contribution in [-0.2, 0) is 0 Å². The molecule has 21 heavy (non-hydrogen) atoms. The first-order valence-electron chi connectivity index (χ1n) is 6.54. The predicted molar refractivity (Wildman–Crippen MR) is 76.2 cm³/mol. The van der Waals surface area contributed by atoms with Crippen molar-refractivity contribution in [3.05, 3.63) is 59.9 Å². The van der Waals surface area contributed by atoms with Gasteiger partial charge in [-0.15, -0.1) is 0 Å². The van der Waals surface area contributed by atoms with Gasteiger partial charge in [-0.3, -0.25) is 0 Å². The van der Waals surface area contributed by atoms with E-state index in [1.807, 2.05) is 0 Å². The van der Waals surface area contributed by atoms with Crippen molar-refractivity contribution in [1.29, 1.82) is 0 Å². The van der Waals surface area contributed by atoms with Crippen molar-refractivity contribution in [2.24, 2.45) is 0 Å². The van der Waals surface area contributed by atoms with E-state index < -0.39 is 11.6 Å². The minimum atomic E-state index is -0.453. The smallest absolute Gasteiger partial charge is 0.157 e. The Morgan fingerprint density at radius 2 is 2.00 bits per heavy atom. The minimum absolute atomic E-state index is 0.299. The molecule has 108 valence electrons. The van der Waals surface area contributed by atoms with E-state index in [0.29, 0.717) is 17.0 Å². The lowest BCUT2D eigenvalue weighted by molar-refractivity contribution is 0.564. The fraction of sp³-hybridized carbons (Fsp3) is 0.200. The Kier molecular flexibility index (Phi) is 3.29. The summed E-state index contributed by atoms with van der Waals surface area (Å²) in [7, 11) is 1.80. The summed E-state index contributed by atoms with van der Waals surface area (Å²) in [6.45, 7) is 1.81. The second-order valence-corrected chi connectivity index (χ2v) is 4.87. The van der Waals surface area contributed by atoms with Crippen molar-refractivity contribution in [3.63, 3.8) is 0 Å². The van der Waals surface area contributed by atoms with E-state index in [0.717, 1.165) is 12.1 Å². The van der Waals surface area contributed by atoms with Crippen LogP contribution in [0.15, 0.2) is 42.7 Å². The normalized spacial score (nSPS) is 12.6. The van der Waals surface area contributed by atoms with Crippen molar-refractivity contribution in [1.82, 2.24) is 14.6 Å². The second kappa shape index (κ2) is 5.12. The zero-order valence-corrected chi connectivity index (χ0v) is 11.7. The van der Waals surface area contributed by atoms with E-state index in [1.165, 1.54) is 6.07 Å². The van der Waals surface area contributed by atoms with Crippen molar-refractivity contribution in [3.8, 4) is 0 Å². The largest absolute Gasteiger partial charge is 0.353 e. The zero-order chi connectivity index (χ0) is 15.0. The molecule has 4 nitrogen and oxygen atoms in total. The highest BCUT2D eigenvalue weighted by atomic mass is 19.1. The second-order valence-electron chi connectivity index (χ2n) is 4.87. The van der Waals surface area contributed by atoms with Crippen LogP contribution in [-0.4, -0.2) is 21.6 Å². The van der Waals surface area contributed by atoms with Gasteiger partial charge in [0.2, 0.25) is 0 Å². The topological polar surface area (TPSA) is 33.4 Å². The average Bonchev–Trinajstić information content (AvgIpc) is 2.95. The first kappa shape index (κ1) is 13.5. The van der Waals surface area contributed by atoms with Gasteiger partial charge in [0.1, 0.15) is 17.5 Å². The fourth-order valence-corrected chi connectivity index (χ4v) is 2.24. The number of hydrogen-bond donors (Lipinski definition) is 0. The molecule has 0 spiro atoms. The third-order valence-corrected chi connectivity index (χ3v) is 3.59. The lowest BCUT2D eigenvalue weighted by atomic mass is 10.1. The first-order valence-corrected chi connectivity index (χ1v) is 6.54. The highest BCUT2D eigenvalue weighted by molar-refractivity contribution is 5.48. The van der Waals surface area contributed by atoms with E-state index in [-0.39, 0.29) is 6.04 Å². The molecule has 0 radical (unpaired) electrons. The summed E-state index contributed by atoms with van der Waals surface area (Å²) >= 11 is 0. The van der Waals surface area contributed by atoms with Gasteiger partial charge >= 0.3 is 0 Å². The SMILES string of the molecule is C[C@H](c1cc(F)ccc1F)N(C)c1ccn2nccc2n1. The highest BCUT2D eigenvalue weighted by Gasteiger charge is 2.18. The van der Waals surface area contributed by atoms with Crippen LogP contribution >= 0.6 is 0 Å². The van der Waals surface area contributed by atoms with Crippen LogP contribution in [0, 0.1) is 11.6 Å². The Balaban J connectivity index is 1.96. The fourth-order valence-electron chi connectivity index (χ4n) is 2.24. The van der Waals surface area contributed by atoms with Crippen molar-refractivity contribution in [2.45, 2.75) is 13.0 Å². The van der Waals surface area contributed by atoms with E-state index in [1.54, 1.807) is 47.9 Å². The molecule has 0 aliphatic rings. The number of halogens is 2. The molecular formula is C15H14F2N4. The molecule has 0 unspecified atom stereocenters. The third-order valence-electron chi connectivity index (χ3n) is 3.59. The molecular weight excluding hydrogens is 274 g/mol. The van der Waals surface area contributed by atoms with Crippen LogP contribution in [0.5, 0.6) is 0 Å². The van der Waals surface area contributed by atoms with Gasteiger partial charge in [0.25, 0.3) is 0 Å². The first-order chi connectivity index (χ1) is 10.1. The number of rotatable bonds is 3. The molecule has 0 fully saturated rings. The standard InChI is InChI=1S/C15H14F2N4/c1-10(12-9-11(16)3-4-13(12)17)20(2)14-6-8-21-15(19-14)5-7-18-21/h3-10H,1-2H3/t10-/m1/s1. The summed E-state index contributed by atoms with van der Waals surface area (Å²) in [5, 5.41) is 4.07. The Hall–Kier alpha value is -2.50. The molecule has 0 amide bonds. The van der Waals surface area contributed by atoms with Crippen LogP contribution < -0.4 is 4.90 Å². The number of aromatic nitrogens is 3. The summed E-state index contributed by atoms with van der Waals surface area (Å²) in [5.41, 5.74) is 0.999. The van der Waals surface area contributed by atoms with Crippen molar-refractivity contribution >= 4 is 11.5 Å². The van der Waals surface area contributed by atoms with Crippen LogP contribution in [0.4, 0.5) is 14.6 Å². The molecule has 0 aliphatic heterocycles. The van der Waals surface area contributed by atoms with Crippen molar-refractivity contribution < 1.29 is 8.78 Å². The third kappa shape index (κ3) is 2.44. The summed E-state index contributed by atoms with van der Waals surface area (Å²) in [5.74, 6) is -0.216. The molecule has 3 rings (SSSR count). The minimum Gasteiger partial charge on any atom is -0.353 e. The van der Waals surface area contributed by atoms with Gasteiger partial charge in [0, 0.05) is 24.9 Å². The van der Waals surface area contributed by atoms with Crippen LogP contribution in [0.1, 0.15) is 18.5 Å². The van der Waals surface area contributed by atoms with Gasteiger partial charge < -0.3 is 4.90 Å². The lowest BCUT2D eigenvalue weighted by Crippen LogP contribution is -2.23. The molecule has 0 bridgehead atoms. The molecule has 3 aromatic rings. The number of hydrogen-bond acceptors (Lipinski definition) is 3. The monoisotopic (exact) mass is 288 g/mol. The maximum Gasteiger partial charge on any atom is 0.157 e. The number of anilines is 1.